The summed E-state index contributed by atoms with van der Waals surface area (Å²) in [5, 5.41) is 0. The van der Waals surface area contributed by atoms with Crippen LogP contribution in [-0.4, -0.2) is 12.5 Å². The maximum atomic E-state index is 12.3. The first-order valence-corrected chi connectivity index (χ1v) is 6.84. The van der Waals surface area contributed by atoms with E-state index in [1.54, 1.807) is 0 Å². The monoisotopic (exact) mass is 246 g/mol. The first-order chi connectivity index (χ1) is 8.63. The van der Waals surface area contributed by atoms with Gasteiger partial charge in [-0.3, -0.25) is 4.79 Å². The SMILES string of the molecule is CCC(N)c1ccc2c(c1)C(CC)C(=O)N2CC. The molecule has 0 saturated carbocycles. The lowest BCUT2D eigenvalue weighted by Crippen LogP contribution is -2.28. The van der Waals surface area contributed by atoms with Gasteiger partial charge in [0.15, 0.2) is 0 Å². The van der Waals surface area contributed by atoms with Crippen molar-refractivity contribution in [3.8, 4) is 0 Å². The van der Waals surface area contributed by atoms with Gasteiger partial charge < -0.3 is 10.6 Å². The van der Waals surface area contributed by atoms with Crippen molar-refractivity contribution in [3.05, 3.63) is 29.3 Å². The Morgan fingerprint density at radius 1 is 1.33 bits per heavy atom. The Morgan fingerprint density at radius 3 is 2.61 bits per heavy atom. The highest BCUT2D eigenvalue weighted by Gasteiger charge is 2.35. The summed E-state index contributed by atoms with van der Waals surface area (Å²) in [6.45, 7) is 6.91. The predicted molar refractivity (Wildman–Crippen MR) is 74.7 cm³/mol. The second-order valence-corrected chi connectivity index (χ2v) is 4.88. The van der Waals surface area contributed by atoms with Gasteiger partial charge in [0, 0.05) is 18.3 Å². The molecule has 98 valence electrons. The highest BCUT2D eigenvalue weighted by molar-refractivity contribution is 6.04. The van der Waals surface area contributed by atoms with E-state index in [1.165, 1.54) is 0 Å². The lowest BCUT2D eigenvalue weighted by atomic mass is 9.94. The lowest BCUT2D eigenvalue weighted by molar-refractivity contribution is -0.119. The summed E-state index contributed by atoms with van der Waals surface area (Å²) in [6, 6.07) is 6.31. The standard InChI is InChI=1S/C15H22N2O/c1-4-11-12-9-10(13(16)5-2)7-8-14(12)17(6-3)15(11)18/h7-9,11,13H,4-6,16H2,1-3H3. The van der Waals surface area contributed by atoms with Crippen LogP contribution >= 0.6 is 0 Å². The normalized spacial score (nSPS) is 20.1. The third kappa shape index (κ3) is 1.93. The van der Waals surface area contributed by atoms with E-state index in [-0.39, 0.29) is 17.9 Å². The Balaban J connectivity index is 2.46. The third-order valence-corrected chi connectivity index (χ3v) is 3.87. The Morgan fingerprint density at radius 2 is 2.06 bits per heavy atom. The number of nitrogens with zero attached hydrogens (tertiary/aromatic N) is 1. The van der Waals surface area contributed by atoms with Gasteiger partial charge in [0.1, 0.15) is 0 Å². The fourth-order valence-electron chi connectivity index (χ4n) is 2.72. The zero-order valence-electron chi connectivity index (χ0n) is 11.4. The summed E-state index contributed by atoms with van der Waals surface area (Å²) in [6.07, 6.45) is 1.77. The highest BCUT2D eigenvalue weighted by atomic mass is 16.2. The molecule has 0 aromatic heterocycles. The van der Waals surface area contributed by atoms with Crippen molar-refractivity contribution < 1.29 is 4.79 Å². The molecule has 1 aromatic carbocycles. The van der Waals surface area contributed by atoms with Crippen molar-refractivity contribution >= 4 is 11.6 Å². The van der Waals surface area contributed by atoms with Crippen LogP contribution in [0.2, 0.25) is 0 Å². The van der Waals surface area contributed by atoms with Gasteiger partial charge in [-0.15, -0.1) is 0 Å². The van der Waals surface area contributed by atoms with Crippen LogP contribution in [0.25, 0.3) is 0 Å². The van der Waals surface area contributed by atoms with Gasteiger partial charge in [0.2, 0.25) is 5.91 Å². The summed E-state index contributed by atoms with van der Waals surface area (Å²) >= 11 is 0. The van der Waals surface area contributed by atoms with Crippen LogP contribution in [0.1, 0.15) is 56.7 Å². The fourth-order valence-corrected chi connectivity index (χ4v) is 2.72. The summed E-state index contributed by atoms with van der Waals surface area (Å²) in [7, 11) is 0. The molecular formula is C15H22N2O. The van der Waals surface area contributed by atoms with Gasteiger partial charge in [0.25, 0.3) is 0 Å². The number of amides is 1. The number of rotatable bonds is 4. The first-order valence-electron chi connectivity index (χ1n) is 6.84. The molecule has 2 N–H and O–H groups in total. The maximum Gasteiger partial charge on any atom is 0.234 e. The van der Waals surface area contributed by atoms with E-state index in [9.17, 15) is 4.79 Å². The Kier molecular flexibility index (Phi) is 3.71. The molecule has 0 aliphatic carbocycles. The van der Waals surface area contributed by atoms with Crippen LogP contribution in [0.3, 0.4) is 0 Å². The molecular weight excluding hydrogens is 224 g/mol. The Bertz CT molecular complexity index is 456. The van der Waals surface area contributed by atoms with E-state index >= 15 is 0 Å². The molecule has 1 aromatic rings. The second-order valence-electron chi connectivity index (χ2n) is 4.88. The topological polar surface area (TPSA) is 46.3 Å². The molecule has 3 nitrogen and oxygen atoms in total. The van der Waals surface area contributed by atoms with Crippen LogP contribution in [-0.2, 0) is 4.79 Å². The van der Waals surface area contributed by atoms with Crippen molar-refractivity contribution in [3.63, 3.8) is 0 Å². The summed E-state index contributed by atoms with van der Waals surface area (Å²) in [4.78, 5) is 14.1. The van der Waals surface area contributed by atoms with E-state index in [2.05, 4.69) is 32.0 Å². The first kappa shape index (κ1) is 13.1. The molecule has 2 atom stereocenters. The highest BCUT2D eigenvalue weighted by Crippen LogP contribution is 2.40. The molecule has 0 spiro atoms. The van der Waals surface area contributed by atoms with Gasteiger partial charge in [-0.1, -0.05) is 26.0 Å². The van der Waals surface area contributed by atoms with E-state index in [1.807, 2.05) is 11.8 Å². The molecule has 18 heavy (non-hydrogen) atoms. The number of anilines is 1. The van der Waals surface area contributed by atoms with Crippen molar-refractivity contribution in [1.29, 1.82) is 0 Å². The van der Waals surface area contributed by atoms with Crippen LogP contribution in [0.15, 0.2) is 18.2 Å². The molecule has 0 fully saturated rings. The molecule has 0 saturated heterocycles. The van der Waals surface area contributed by atoms with E-state index in [4.69, 9.17) is 5.73 Å². The minimum atomic E-state index is 0.0176. The molecule has 2 rings (SSSR count). The molecule has 3 heteroatoms. The minimum Gasteiger partial charge on any atom is -0.324 e. The fraction of sp³-hybridized carbons (Fsp3) is 0.533. The van der Waals surface area contributed by atoms with Gasteiger partial charge >= 0.3 is 0 Å². The zero-order valence-corrected chi connectivity index (χ0v) is 11.4. The van der Waals surface area contributed by atoms with Gasteiger partial charge in [-0.25, -0.2) is 0 Å². The molecule has 0 bridgehead atoms. The van der Waals surface area contributed by atoms with E-state index in [0.29, 0.717) is 0 Å². The molecule has 1 aliphatic rings. The van der Waals surface area contributed by atoms with Gasteiger partial charge in [0.05, 0.1) is 5.92 Å². The number of benzene rings is 1. The van der Waals surface area contributed by atoms with E-state index < -0.39 is 0 Å². The quantitative estimate of drug-likeness (QED) is 0.887. The molecule has 1 heterocycles. The lowest BCUT2D eigenvalue weighted by Gasteiger charge is -2.16. The zero-order chi connectivity index (χ0) is 13.3. The van der Waals surface area contributed by atoms with Crippen molar-refractivity contribution in [1.82, 2.24) is 0 Å². The smallest absolute Gasteiger partial charge is 0.234 e. The second kappa shape index (κ2) is 5.11. The summed E-state index contributed by atoms with van der Waals surface area (Å²) in [5.74, 6) is 0.251. The predicted octanol–water partition coefficient (Wildman–Crippen LogP) is 2.96. The maximum absolute atomic E-state index is 12.3. The van der Waals surface area contributed by atoms with Gasteiger partial charge in [-0.2, -0.15) is 0 Å². The van der Waals surface area contributed by atoms with Crippen LogP contribution in [0, 0.1) is 0 Å². The number of carbonyl (C=O) groups excluding carboxylic acids is 1. The number of fused-ring (bicyclic) bond motifs is 1. The van der Waals surface area contributed by atoms with Crippen molar-refractivity contribution in [2.45, 2.75) is 45.6 Å². The van der Waals surface area contributed by atoms with Crippen molar-refractivity contribution in [2.24, 2.45) is 5.73 Å². The number of hydrogen-bond acceptors (Lipinski definition) is 2. The van der Waals surface area contributed by atoms with Crippen LogP contribution in [0.5, 0.6) is 0 Å². The molecule has 0 radical (unpaired) electrons. The average Bonchev–Trinajstić information content (AvgIpc) is 2.67. The summed E-state index contributed by atoms with van der Waals surface area (Å²) < 4.78 is 0. The number of carbonyl (C=O) groups is 1. The van der Waals surface area contributed by atoms with Crippen LogP contribution in [0.4, 0.5) is 5.69 Å². The van der Waals surface area contributed by atoms with Crippen LogP contribution < -0.4 is 10.6 Å². The molecule has 1 aliphatic heterocycles. The number of likely N-dealkylation sites (N-methyl/N-ethyl adjacent to an activating group) is 1. The Labute approximate surface area is 109 Å². The van der Waals surface area contributed by atoms with Crippen molar-refractivity contribution in [2.75, 3.05) is 11.4 Å². The Hall–Kier alpha value is -1.35. The largest absolute Gasteiger partial charge is 0.324 e. The molecule has 2 unspecified atom stereocenters. The van der Waals surface area contributed by atoms with Gasteiger partial charge in [-0.05, 0) is 37.0 Å². The summed E-state index contributed by atoms with van der Waals surface area (Å²) in [5.41, 5.74) is 9.45. The third-order valence-electron chi connectivity index (χ3n) is 3.87. The number of hydrogen-bond donors (Lipinski definition) is 1. The average molecular weight is 246 g/mol. The minimum absolute atomic E-state index is 0.0176. The molecule has 1 amide bonds. The van der Waals surface area contributed by atoms with E-state index in [0.717, 1.165) is 36.2 Å². The number of nitrogens with two attached hydrogens (primary N) is 1.